The van der Waals surface area contributed by atoms with Gasteiger partial charge in [0.05, 0.1) is 5.69 Å². The SMILES string of the molecule is COCc1nc2nccc(-c3ccc(-c4ccccc4)cc3)n2n1. The maximum atomic E-state index is 5.10. The minimum absolute atomic E-state index is 0.371. The first-order valence-corrected chi connectivity index (χ1v) is 7.70. The molecule has 0 unspecified atom stereocenters. The molecule has 5 nitrogen and oxygen atoms in total. The van der Waals surface area contributed by atoms with E-state index >= 15 is 0 Å². The fraction of sp³-hybridized carbons (Fsp3) is 0.105. The standard InChI is InChI=1S/C19H16N4O/c1-24-13-18-21-19-20-12-11-17(23(19)22-18)16-9-7-15(8-10-16)14-5-3-2-4-6-14/h2-12H,13H2,1H3. The monoisotopic (exact) mass is 316 g/mol. The van der Waals surface area contributed by atoms with E-state index in [0.717, 1.165) is 11.3 Å². The zero-order valence-electron chi connectivity index (χ0n) is 13.3. The Morgan fingerprint density at radius 3 is 2.33 bits per heavy atom. The summed E-state index contributed by atoms with van der Waals surface area (Å²) in [5, 5.41) is 4.48. The van der Waals surface area contributed by atoms with Gasteiger partial charge in [-0.3, -0.25) is 0 Å². The molecule has 0 fully saturated rings. The molecule has 2 aromatic carbocycles. The molecule has 0 aliphatic carbocycles. The van der Waals surface area contributed by atoms with E-state index in [1.54, 1.807) is 17.8 Å². The Balaban J connectivity index is 1.75. The van der Waals surface area contributed by atoms with E-state index < -0.39 is 0 Å². The summed E-state index contributed by atoms with van der Waals surface area (Å²) < 4.78 is 6.86. The van der Waals surface area contributed by atoms with E-state index in [2.05, 4.69) is 51.5 Å². The molecule has 4 rings (SSSR count). The Hall–Kier alpha value is -3.05. The average molecular weight is 316 g/mol. The summed E-state index contributed by atoms with van der Waals surface area (Å²) in [6.45, 7) is 0.371. The number of aromatic nitrogens is 4. The number of nitrogens with zero attached hydrogens (tertiary/aromatic N) is 4. The molecule has 118 valence electrons. The van der Waals surface area contributed by atoms with Crippen LogP contribution in [-0.2, 0) is 11.3 Å². The molecular weight excluding hydrogens is 300 g/mol. The average Bonchev–Trinajstić information content (AvgIpc) is 3.05. The number of rotatable bonds is 4. The van der Waals surface area contributed by atoms with Crippen molar-refractivity contribution < 1.29 is 4.74 Å². The molecule has 0 saturated heterocycles. The van der Waals surface area contributed by atoms with Crippen LogP contribution in [0.5, 0.6) is 0 Å². The first-order valence-electron chi connectivity index (χ1n) is 7.70. The zero-order chi connectivity index (χ0) is 16.4. The Labute approximate surface area is 139 Å². The second-order valence-electron chi connectivity index (χ2n) is 5.45. The summed E-state index contributed by atoms with van der Waals surface area (Å²) in [5.74, 6) is 1.20. The first kappa shape index (κ1) is 14.5. The van der Waals surface area contributed by atoms with Crippen molar-refractivity contribution in [3.63, 3.8) is 0 Å². The van der Waals surface area contributed by atoms with Crippen molar-refractivity contribution in [3.8, 4) is 22.4 Å². The van der Waals surface area contributed by atoms with Gasteiger partial charge in [0.15, 0.2) is 5.82 Å². The van der Waals surface area contributed by atoms with Crippen LogP contribution in [0.1, 0.15) is 5.82 Å². The summed E-state index contributed by atoms with van der Waals surface area (Å²) in [5.41, 5.74) is 4.40. The summed E-state index contributed by atoms with van der Waals surface area (Å²) in [7, 11) is 1.63. The molecule has 2 heterocycles. The molecule has 0 aliphatic rings. The molecular formula is C19H16N4O. The van der Waals surface area contributed by atoms with Crippen molar-refractivity contribution in [2.45, 2.75) is 6.61 Å². The third-order valence-electron chi connectivity index (χ3n) is 3.85. The highest BCUT2D eigenvalue weighted by molar-refractivity contribution is 5.69. The van der Waals surface area contributed by atoms with E-state index in [9.17, 15) is 0 Å². The van der Waals surface area contributed by atoms with Gasteiger partial charge in [-0.25, -0.2) is 4.98 Å². The third-order valence-corrected chi connectivity index (χ3v) is 3.85. The van der Waals surface area contributed by atoms with Gasteiger partial charge in [0, 0.05) is 18.9 Å². The second kappa shape index (κ2) is 6.22. The van der Waals surface area contributed by atoms with Gasteiger partial charge in [-0.15, -0.1) is 5.10 Å². The van der Waals surface area contributed by atoms with Crippen molar-refractivity contribution in [2.24, 2.45) is 0 Å². The van der Waals surface area contributed by atoms with E-state index in [1.165, 1.54) is 11.1 Å². The minimum Gasteiger partial charge on any atom is -0.377 e. The summed E-state index contributed by atoms with van der Waals surface area (Å²) >= 11 is 0. The van der Waals surface area contributed by atoms with Crippen molar-refractivity contribution in [2.75, 3.05) is 7.11 Å². The summed E-state index contributed by atoms with van der Waals surface area (Å²) in [4.78, 5) is 8.64. The smallest absolute Gasteiger partial charge is 0.253 e. The van der Waals surface area contributed by atoms with Crippen LogP contribution >= 0.6 is 0 Å². The van der Waals surface area contributed by atoms with Crippen LogP contribution in [0.2, 0.25) is 0 Å². The Bertz CT molecular complexity index is 962. The van der Waals surface area contributed by atoms with E-state index in [0.29, 0.717) is 18.2 Å². The van der Waals surface area contributed by atoms with Crippen LogP contribution in [0.4, 0.5) is 0 Å². The van der Waals surface area contributed by atoms with Crippen LogP contribution in [0.25, 0.3) is 28.2 Å². The Kier molecular flexibility index (Phi) is 3.76. The minimum atomic E-state index is 0.371. The first-order chi connectivity index (χ1) is 11.8. The van der Waals surface area contributed by atoms with Crippen molar-refractivity contribution >= 4 is 5.78 Å². The van der Waals surface area contributed by atoms with Crippen LogP contribution in [0, 0.1) is 0 Å². The zero-order valence-corrected chi connectivity index (χ0v) is 13.3. The number of fused-ring (bicyclic) bond motifs is 1. The molecule has 2 aromatic heterocycles. The lowest BCUT2D eigenvalue weighted by molar-refractivity contribution is 0.178. The fourth-order valence-electron chi connectivity index (χ4n) is 2.71. The number of methoxy groups -OCH3 is 1. The molecule has 4 aromatic rings. The van der Waals surface area contributed by atoms with Crippen molar-refractivity contribution in [3.05, 3.63) is 72.7 Å². The normalized spacial score (nSPS) is 11.0. The second-order valence-corrected chi connectivity index (χ2v) is 5.45. The highest BCUT2D eigenvalue weighted by Crippen LogP contribution is 2.24. The third kappa shape index (κ3) is 2.66. The lowest BCUT2D eigenvalue weighted by Gasteiger charge is -2.06. The summed E-state index contributed by atoms with van der Waals surface area (Å²) in [6, 6.07) is 20.7. The molecule has 0 saturated carbocycles. The number of benzene rings is 2. The predicted octanol–water partition coefficient (Wildman–Crippen LogP) is 3.60. The maximum Gasteiger partial charge on any atom is 0.253 e. The quantitative estimate of drug-likeness (QED) is 0.577. The maximum absolute atomic E-state index is 5.10. The molecule has 24 heavy (non-hydrogen) atoms. The van der Waals surface area contributed by atoms with Crippen molar-refractivity contribution in [1.29, 1.82) is 0 Å². The molecule has 0 radical (unpaired) electrons. The summed E-state index contributed by atoms with van der Waals surface area (Å²) in [6.07, 6.45) is 1.75. The van der Waals surface area contributed by atoms with E-state index in [4.69, 9.17) is 4.74 Å². The molecule has 0 N–H and O–H groups in total. The predicted molar refractivity (Wildman–Crippen MR) is 92.4 cm³/mol. The highest BCUT2D eigenvalue weighted by Gasteiger charge is 2.10. The van der Waals surface area contributed by atoms with Gasteiger partial charge < -0.3 is 4.74 Å². The van der Waals surface area contributed by atoms with E-state index in [-0.39, 0.29) is 0 Å². The number of ether oxygens (including phenoxy) is 1. The van der Waals surface area contributed by atoms with Crippen LogP contribution in [0.3, 0.4) is 0 Å². The van der Waals surface area contributed by atoms with Gasteiger partial charge in [-0.05, 0) is 17.2 Å². The topological polar surface area (TPSA) is 52.3 Å². The molecule has 0 amide bonds. The van der Waals surface area contributed by atoms with Gasteiger partial charge in [-0.2, -0.15) is 9.50 Å². The molecule has 5 heteroatoms. The van der Waals surface area contributed by atoms with Gasteiger partial charge in [0.25, 0.3) is 5.78 Å². The lowest BCUT2D eigenvalue weighted by atomic mass is 10.0. The van der Waals surface area contributed by atoms with Crippen LogP contribution in [0.15, 0.2) is 66.9 Å². The van der Waals surface area contributed by atoms with Gasteiger partial charge in [-0.1, -0.05) is 54.6 Å². The Morgan fingerprint density at radius 2 is 1.58 bits per heavy atom. The van der Waals surface area contributed by atoms with Crippen LogP contribution < -0.4 is 0 Å². The largest absolute Gasteiger partial charge is 0.377 e. The molecule has 0 aliphatic heterocycles. The molecule has 0 bridgehead atoms. The Morgan fingerprint density at radius 1 is 0.875 bits per heavy atom. The van der Waals surface area contributed by atoms with Gasteiger partial charge in [0.1, 0.15) is 6.61 Å². The fourth-order valence-corrected chi connectivity index (χ4v) is 2.71. The van der Waals surface area contributed by atoms with Gasteiger partial charge >= 0.3 is 0 Å². The number of hydrogen-bond acceptors (Lipinski definition) is 4. The van der Waals surface area contributed by atoms with Crippen LogP contribution in [-0.4, -0.2) is 26.7 Å². The van der Waals surface area contributed by atoms with E-state index in [1.807, 2.05) is 24.3 Å². The molecule has 0 atom stereocenters. The lowest BCUT2D eigenvalue weighted by Crippen LogP contribution is -1.96. The molecule has 0 spiro atoms. The highest BCUT2D eigenvalue weighted by atomic mass is 16.5. The van der Waals surface area contributed by atoms with Gasteiger partial charge in [0.2, 0.25) is 0 Å². The van der Waals surface area contributed by atoms with Crippen molar-refractivity contribution in [1.82, 2.24) is 19.6 Å². The number of hydrogen-bond donors (Lipinski definition) is 0.